The monoisotopic (exact) mass is 333 g/mol. The maximum absolute atomic E-state index is 12.7. The highest BCUT2D eigenvalue weighted by atomic mass is 32.2. The lowest BCUT2D eigenvalue weighted by Gasteiger charge is -2.25. The van der Waals surface area contributed by atoms with E-state index >= 15 is 0 Å². The molecule has 1 aromatic heterocycles. The Morgan fingerprint density at radius 3 is 2.65 bits per heavy atom. The molecule has 1 amide bonds. The van der Waals surface area contributed by atoms with Gasteiger partial charge in [-0.15, -0.1) is 0 Å². The molecule has 2 aromatic rings. The predicted octanol–water partition coefficient (Wildman–Crippen LogP) is 1.59. The second kappa shape index (κ2) is 6.16. The molecule has 3 rings (SSSR count). The number of aromatic nitrogens is 2. The molecule has 1 fully saturated rings. The summed E-state index contributed by atoms with van der Waals surface area (Å²) in [6.07, 6.45) is 6.70. The van der Waals surface area contributed by atoms with E-state index in [0.29, 0.717) is 12.1 Å². The predicted molar refractivity (Wildman–Crippen MR) is 85.8 cm³/mol. The third kappa shape index (κ3) is 3.44. The van der Waals surface area contributed by atoms with Crippen molar-refractivity contribution in [1.82, 2.24) is 14.7 Å². The Morgan fingerprint density at radius 1 is 1.30 bits per heavy atom. The molecule has 0 spiro atoms. The van der Waals surface area contributed by atoms with Crippen LogP contribution in [0.25, 0.3) is 0 Å². The topological polar surface area (TPSA) is 72.3 Å². The van der Waals surface area contributed by atoms with Gasteiger partial charge in [0.05, 0.1) is 17.5 Å². The molecule has 0 bridgehead atoms. The van der Waals surface area contributed by atoms with E-state index in [0.717, 1.165) is 25.6 Å². The van der Waals surface area contributed by atoms with Gasteiger partial charge >= 0.3 is 0 Å². The zero-order chi connectivity index (χ0) is 16.4. The molecule has 6 nitrogen and oxygen atoms in total. The third-order valence-electron chi connectivity index (χ3n) is 4.12. The molecule has 1 saturated heterocycles. The lowest BCUT2D eigenvalue weighted by atomic mass is 10.1. The Bertz CT molecular complexity index is 782. The first-order valence-corrected chi connectivity index (χ1v) is 9.43. The number of hydrogen-bond acceptors (Lipinski definition) is 4. The Morgan fingerprint density at radius 2 is 2.04 bits per heavy atom. The van der Waals surface area contributed by atoms with E-state index in [1.807, 2.05) is 21.8 Å². The molecular weight excluding hydrogens is 314 g/mol. The number of benzene rings is 1. The van der Waals surface area contributed by atoms with Gasteiger partial charge in [0, 0.05) is 30.8 Å². The van der Waals surface area contributed by atoms with Gasteiger partial charge in [-0.2, -0.15) is 5.10 Å². The Balaban J connectivity index is 1.76. The van der Waals surface area contributed by atoms with Crippen molar-refractivity contribution in [3.05, 3.63) is 48.3 Å². The van der Waals surface area contributed by atoms with E-state index in [4.69, 9.17) is 0 Å². The fourth-order valence-corrected chi connectivity index (χ4v) is 3.56. The number of amides is 1. The number of carbonyl (C=O) groups excluding carboxylic acids is 1. The second-order valence-corrected chi connectivity index (χ2v) is 7.83. The average molecular weight is 333 g/mol. The zero-order valence-corrected chi connectivity index (χ0v) is 13.7. The summed E-state index contributed by atoms with van der Waals surface area (Å²) in [5, 5.41) is 4.20. The molecule has 1 aliphatic heterocycles. The summed E-state index contributed by atoms with van der Waals surface area (Å²) in [4.78, 5) is 14.8. The number of nitrogens with zero attached hydrogens (tertiary/aromatic N) is 3. The van der Waals surface area contributed by atoms with Crippen molar-refractivity contribution in [2.45, 2.75) is 30.3 Å². The van der Waals surface area contributed by atoms with Crippen molar-refractivity contribution in [2.75, 3.05) is 12.8 Å². The van der Waals surface area contributed by atoms with Crippen molar-refractivity contribution in [2.24, 2.45) is 0 Å². The summed E-state index contributed by atoms with van der Waals surface area (Å²) in [6.45, 7) is 1.40. The van der Waals surface area contributed by atoms with Gasteiger partial charge in [-0.25, -0.2) is 8.42 Å². The van der Waals surface area contributed by atoms with Gasteiger partial charge in [-0.05, 0) is 43.2 Å². The van der Waals surface area contributed by atoms with E-state index in [1.54, 1.807) is 18.3 Å². The summed E-state index contributed by atoms with van der Waals surface area (Å²) >= 11 is 0. The molecule has 0 radical (unpaired) electrons. The van der Waals surface area contributed by atoms with E-state index in [2.05, 4.69) is 5.10 Å². The van der Waals surface area contributed by atoms with Gasteiger partial charge in [-0.3, -0.25) is 9.48 Å². The van der Waals surface area contributed by atoms with Crippen molar-refractivity contribution in [3.8, 4) is 0 Å². The maximum atomic E-state index is 12.7. The smallest absolute Gasteiger partial charge is 0.254 e. The van der Waals surface area contributed by atoms with Crippen LogP contribution in [0.2, 0.25) is 0 Å². The molecule has 0 N–H and O–H groups in total. The van der Waals surface area contributed by atoms with Crippen molar-refractivity contribution in [1.29, 1.82) is 0 Å². The Labute approximate surface area is 135 Å². The molecule has 2 heterocycles. The van der Waals surface area contributed by atoms with Crippen LogP contribution in [0, 0.1) is 0 Å². The Hall–Kier alpha value is -2.15. The van der Waals surface area contributed by atoms with Gasteiger partial charge in [0.25, 0.3) is 5.91 Å². The molecule has 23 heavy (non-hydrogen) atoms. The molecule has 0 saturated carbocycles. The lowest BCUT2D eigenvalue weighted by molar-refractivity contribution is 0.0721. The largest absolute Gasteiger partial charge is 0.334 e. The molecule has 1 atom stereocenters. The van der Waals surface area contributed by atoms with Gasteiger partial charge in [0.15, 0.2) is 9.84 Å². The van der Waals surface area contributed by atoms with Crippen LogP contribution in [0.5, 0.6) is 0 Å². The molecule has 0 aliphatic carbocycles. The van der Waals surface area contributed by atoms with Crippen molar-refractivity contribution in [3.63, 3.8) is 0 Å². The van der Waals surface area contributed by atoms with Crippen LogP contribution in [-0.2, 0) is 16.4 Å². The first-order chi connectivity index (χ1) is 10.9. The number of rotatable bonds is 4. The van der Waals surface area contributed by atoms with Crippen molar-refractivity contribution < 1.29 is 13.2 Å². The highest BCUT2D eigenvalue weighted by molar-refractivity contribution is 7.90. The summed E-state index contributed by atoms with van der Waals surface area (Å²) in [5.74, 6) is -0.0558. The van der Waals surface area contributed by atoms with Crippen LogP contribution in [0.3, 0.4) is 0 Å². The minimum absolute atomic E-state index is 0.0558. The average Bonchev–Trinajstić information content (AvgIpc) is 3.18. The fourth-order valence-electron chi connectivity index (χ4n) is 2.93. The molecular formula is C16H19N3O3S. The highest BCUT2D eigenvalue weighted by Gasteiger charge is 2.29. The van der Waals surface area contributed by atoms with Gasteiger partial charge < -0.3 is 4.90 Å². The maximum Gasteiger partial charge on any atom is 0.254 e. The van der Waals surface area contributed by atoms with Gasteiger partial charge in [-0.1, -0.05) is 0 Å². The van der Waals surface area contributed by atoms with Crippen LogP contribution >= 0.6 is 0 Å². The van der Waals surface area contributed by atoms with Crippen molar-refractivity contribution >= 4 is 15.7 Å². The molecule has 1 unspecified atom stereocenters. The standard InChI is InChI=1S/C16H19N3O3S/c1-23(21,22)15-7-5-13(6-8-15)16(20)19-11-2-4-14(19)12-18-10-3-9-17-18/h3,5-10,14H,2,4,11-12H2,1H3. The summed E-state index contributed by atoms with van der Waals surface area (Å²) < 4.78 is 24.8. The van der Waals surface area contributed by atoms with Crippen LogP contribution < -0.4 is 0 Å². The van der Waals surface area contributed by atoms with Gasteiger partial charge in [0.2, 0.25) is 0 Å². The SMILES string of the molecule is CS(=O)(=O)c1ccc(C(=O)N2CCCC2Cn2cccn2)cc1. The van der Waals surface area contributed by atoms with Crippen LogP contribution in [0.1, 0.15) is 23.2 Å². The first kappa shape index (κ1) is 15.7. The zero-order valence-electron chi connectivity index (χ0n) is 12.9. The van der Waals surface area contributed by atoms with Crippen LogP contribution in [0.4, 0.5) is 0 Å². The number of likely N-dealkylation sites (tertiary alicyclic amines) is 1. The number of sulfone groups is 1. The third-order valence-corrected chi connectivity index (χ3v) is 5.25. The van der Waals surface area contributed by atoms with E-state index in [-0.39, 0.29) is 16.8 Å². The highest BCUT2D eigenvalue weighted by Crippen LogP contribution is 2.22. The minimum Gasteiger partial charge on any atom is -0.334 e. The van der Waals surface area contributed by atoms with E-state index in [9.17, 15) is 13.2 Å². The summed E-state index contributed by atoms with van der Waals surface area (Å²) in [6, 6.07) is 8.13. The lowest BCUT2D eigenvalue weighted by Crippen LogP contribution is -2.38. The summed E-state index contributed by atoms with van der Waals surface area (Å²) in [5.41, 5.74) is 0.518. The number of hydrogen-bond donors (Lipinski definition) is 0. The first-order valence-electron chi connectivity index (χ1n) is 7.54. The van der Waals surface area contributed by atoms with E-state index < -0.39 is 9.84 Å². The summed E-state index contributed by atoms with van der Waals surface area (Å²) in [7, 11) is -3.25. The number of carbonyl (C=O) groups is 1. The quantitative estimate of drug-likeness (QED) is 0.852. The minimum atomic E-state index is -3.25. The molecule has 7 heteroatoms. The van der Waals surface area contributed by atoms with Gasteiger partial charge in [0.1, 0.15) is 0 Å². The Kier molecular flexibility index (Phi) is 4.21. The van der Waals surface area contributed by atoms with E-state index in [1.165, 1.54) is 12.1 Å². The normalized spacial score (nSPS) is 18.3. The molecule has 1 aliphatic rings. The molecule has 1 aromatic carbocycles. The van der Waals surface area contributed by atoms with Crippen LogP contribution in [-0.4, -0.2) is 47.8 Å². The fraction of sp³-hybridized carbons (Fsp3) is 0.375. The van der Waals surface area contributed by atoms with Crippen LogP contribution in [0.15, 0.2) is 47.6 Å². The molecule has 122 valence electrons. The second-order valence-electron chi connectivity index (χ2n) is 5.82.